The van der Waals surface area contributed by atoms with E-state index in [9.17, 15) is 25.9 Å². The van der Waals surface area contributed by atoms with Crippen LogP contribution in [0.15, 0.2) is 0 Å². The van der Waals surface area contributed by atoms with Crippen molar-refractivity contribution >= 4 is 20.5 Å². The average Bonchev–Trinajstić information content (AvgIpc) is 2.20. The normalized spacial score (nSPS) is 30.1. The van der Waals surface area contributed by atoms with Gasteiger partial charge in [-0.3, -0.25) is 4.18 Å². The van der Waals surface area contributed by atoms with Crippen LogP contribution in [0.2, 0.25) is 0 Å². The van der Waals surface area contributed by atoms with E-state index in [1.54, 1.807) is 0 Å². The Morgan fingerprint density at radius 2 is 1.71 bits per heavy atom. The largest absolute Gasteiger partial charge is 1.00 e. The topological polar surface area (TPSA) is 142 Å². The molecule has 1 unspecified atom stereocenters. The SMILES string of the molecule is CO[C@@H]1CO[C@@H](C)C(OS(=O)(=O)[O-])[C@@H]1CS(=O)(=O)[O-].[Na+].[Na+]. The monoisotopic (exact) mass is 364 g/mol. The summed E-state index contributed by atoms with van der Waals surface area (Å²) in [5.41, 5.74) is 0. The van der Waals surface area contributed by atoms with Gasteiger partial charge in [-0.1, -0.05) is 0 Å². The number of methoxy groups -OCH3 is 1. The number of hydrogen-bond donors (Lipinski definition) is 0. The van der Waals surface area contributed by atoms with E-state index < -0.39 is 50.5 Å². The third-order valence-corrected chi connectivity index (χ3v) is 4.06. The zero-order chi connectivity index (χ0) is 14.8. The maximum Gasteiger partial charge on any atom is 1.00 e. The predicted molar refractivity (Wildman–Crippen MR) is 58.8 cm³/mol. The van der Waals surface area contributed by atoms with Crippen LogP contribution in [0.25, 0.3) is 0 Å². The molecule has 0 aromatic carbocycles. The molecule has 0 aliphatic carbocycles. The molecule has 1 aliphatic heterocycles. The first-order valence-electron chi connectivity index (χ1n) is 5.25. The van der Waals surface area contributed by atoms with Gasteiger partial charge in [-0.05, 0) is 6.92 Å². The molecule has 1 aliphatic rings. The standard InChI is InChI=1S/C8H16O9S2.2Na/c1-5-8(17-19(12,13)14)6(4-18(9,10)11)7(15-2)3-16-5;;/h5-8H,3-4H2,1-2H3,(H,9,10,11)(H,12,13,14);;/q;2*+1/p-2/t5-,6+,7+,8?;;/m0../s1. The molecule has 0 N–H and O–H groups in total. The first kappa shape index (κ1) is 24.9. The molecule has 1 saturated heterocycles. The minimum absolute atomic E-state index is 0. The Morgan fingerprint density at radius 1 is 1.19 bits per heavy atom. The zero-order valence-corrected chi connectivity index (χ0v) is 17.8. The first-order valence-corrected chi connectivity index (χ1v) is 8.16. The van der Waals surface area contributed by atoms with E-state index >= 15 is 0 Å². The van der Waals surface area contributed by atoms with Gasteiger partial charge in [0.15, 0.2) is 0 Å². The molecule has 13 heteroatoms. The van der Waals surface area contributed by atoms with Gasteiger partial charge in [0.05, 0.1) is 28.9 Å². The number of rotatable bonds is 5. The van der Waals surface area contributed by atoms with Crippen molar-refractivity contribution in [3.63, 3.8) is 0 Å². The van der Waals surface area contributed by atoms with Gasteiger partial charge in [0.25, 0.3) is 0 Å². The van der Waals surface area contributed by atoms with Gasteiger partial charge in [0.1, 0.15) is 6.10 Å². The third kappa shape index (κ3) is 8.94. The molecular weight excluding hydrogens is 350 g/mol. The van der Waals surface area contributed by atoms with Crippen molar-refractivity contribution in [1.29, 1.82) is 0 Å². The molecule has 1 fully saturated rings. The van der Waals surface area contributed by atoms with Crippen LogP contribution in [0.5, 0.6) is 0 Å². The Bertz CT molecular complexity index is 506. The summed E-state index contributed by atoms with van der Waals surface area (Å²) in [6, 6.07) is 0. The van der Waals surface area contributed by atoms with E-state index in [1.165, 1.54) is 14.0 Å². The quantitative estimate of drug-likeness (QED) is 0.264. The first-order chi connectivity index (χ1) is 8.53. The van der Waals surface area contributed by atoms with Gasteiger partial charge in [-0.2, -0.15) is 0 Å². The fraction of sp³-hybridized carbons (Fsp3) is 1.00. The van der Waals surface area contributed by atoms with Crippen LogP contribution >= 0.6 is 0 Å². The fourth-order valence-electron chi connectivity index (χ4n) is 1.99. The second kappa shape index (κ2) is 9.87. The summed E-state index contributed by atoms with van der Waals surface area (Å²) >= 11 is 0. The second-order valence-electron chi connectivity index (χ2n) is 4.17. The fourth-order valence-corrected chi connectivity index (χ4v) is 3.44. The Balaban J connectivity index is 0. The molecule has 0 saturated carbocycles. The van der Waals surface area contributed by atoms with Crippen molar-refractivity contribution in [2.75, 3.05) is 19.5 Å². The van der Waals surface area contributed by atoms with Crippen molar-refractivity contribution in [2.24, 2.45) is 5.92 Å². The molecule has 1 heterocycles. The summed E-state index contributed by atoms with van der Waals surface area (Å²) in [5, 5.41) is 0. The van der Waals surface area contributed by atoms with Crippen molar-refractivity contribution in [3.8, 4) is 0 Å². The van der Waals surface area contributed by atoms with Crippen LogP contribution in [0, 0.1) is 5.92 Å². The molecule has 0 aromatic rings. The van der Waals surface area contributed by atoms with Crippen molar-refractivity contribution in [3.05, 3.63) is 0 Å². The maximum absolute atomic E-state index is 10.8. The second-order valence-corrected chi connectivity index (χ2v) is 6.63. The van der Waals surface area contributed by atoms with E-state index in [-0.39, 0.29) is 65.7 Å². The molecule has 4 atom stereocenters. The maximum atomic E-state index is 10.8. The number of hydrogen-bond acceptors (Lipinski definition) is 9. The molecule has 9 nitrogen and oxygen atoms in total. The zero-order valence-electron chi connectivity index (χ0n) is 12.2. The summed E-state index contributed by atoms with van der Waals surface area (Å²) < 4.78 is 78.8. The van der Waals surface area contributed by atoms with E-state index in [4.69, 9.17) is 9.47 Å². The van der Waals surface area contributed by atoms with E-state index in [0.717, 1.165) is 0 Å². The van der Waals surface area contributed by atoms with Gasteiger partial charge in [-0.25, -0.2) is 16.8 Å². The average molecular weight is 364 g/mol. The van der Waals surface area contributed by atoms with Crippen LogP contribution in [-0.4, -0.2) is 63.7 Å². The Morgan fingerprint density at radius 3 is 2.10 bits per heavy atom. The minimum atomic E-state index is -5.06. The number of ether oxygens (including phenoxy) is 2. The van der Waals surface area contributed by atoms with Gasteiger partial charge >= 0.3 is 59.1 Å². The van der Waals surface area contributed by atoms with Crippen LogP contribution in [0.4, 0.5) is 0 Å². The van der Waals surface area contributed by atoms with Gasteiger partial charge in [0.2, 0.25) is 10.4 Å². The molecular formula is C8H14Na2O9S2. The summed E-state index contributed by atoms with van der Waals surface area (Å²) in [5.74, 6) is -2.00. The summed E-state index contributed by atoms with van der Waals surface area (Å²) in [7, 11) is -8.45. The predicted octanol–water partition coefficient (Wildman–Crippen LogP) is -7.57. The van der Waals surface area contributed by atoms with Gasteiger partial charge < -0.3 is 18.6 Å². The summed E-state index contributed by atoms with van der Waals surface area (Å²) in [6.45, 7) is 1.38. The summed E-state index contributed by atoms with van der Waals surface area (Å²) in [4.78, 5) is 0. The van der Waals surface area contributed by atoms with E-state index in [1.807, 2.05) is 0 Å². The van der Waals surface area contributed by atoms with Crippen LogP contribution in [0.1, 0.15) is 6.92 Å². The Kier molecular flexibility index (Phi) is 11.7. The molecule has 1 rings (SSSR count). The molecule has 21 heavy (non-hydrogen) atoms. The molecule has 0 aromatic heterocycles. The Hall–Kier alpha value is 1.70. The summed E-state index contributed by atoms with van der Waals surface area (Å²) in [6.07, 6.45) is -3.10. The van der Waals surface area contributed by atoms with Crippen LogP contribution in [-0.2, 0) is 34.2 Å². The van der Waals surface area contributed by atoms with Crippen molar-refractivity contribution in [1.82, 2.24) is 0 Å². The van der Waals surface area contributed by atoms with Crippen molar-refractivity contribution in [2.45, 2.75) is 25.2 Å². The van der Waals surface area contributed by atoms with Crippen LogP contribution < -0.4 is 59.1 Å². The molecule has 0 radical (unpaired) electrons. The molecule has 0 bridgehead atoms. The molecule has 0 spiro atoms. The minimum Gasteiger partial charge on any atom is -0.748 e. The van der Waals surface area contributed by atoms with E-state index in [2.05, 4.69) is 4.18 Å². The Labute approximate surface area is 168 Å². The molecule has 0 amide bonds. The van der Waals surface area contributed by atoms with Crippen molar-refractivity contribution < 1.29 is 98.7 Å². The third-order valence-electron chi connectivity index (χ3n) is 2.81. The van der Waals surface area contributed by atoms with Gasteiger partial charge in [0, 0.05) is 18.8 Å². The molecule has 114 valence electrons. The van der Waals surface area contributed by atoms with Gasteiger partial charge in [-0.15, -0.1) is 0 Å². The van der Waals surface area contributed by atoms with Crippen LogP contribution in [0.3, 0.4) is 0 Å². The van der Waals surface area contributed by atoms with E-state index in [0.29, 0.717) is 0 Å². The smallest absolute Gasteiger partial charge is 0.748 e.